The van der Waals surface area contributed by atoms with E-state index in [-0.39, 0.29) is 24.0 Å². The van der Waals surface area contributed by atoms with Gasteiger partial charge in [0.25, 0.3) is 5.56 Å². The summed E-state index contributed by atoms with van der Waals surface area (Å²) in [5.41, 5.74) is 1.22. The molecule has 164 valence electrons. The highest BCUT2D eigenvalue weighted by atomic mass is 32.2. The molecule has 0 spiro atoms. The van der Waals surface area contributed by atoms with Crippen molar-refractivity contribution in [3.63, 3.8) is 0 Å². The Labute approximate surface area is 188 Å². The molecule has 0 radical (unpaired) electrons. The molecule has 1 aliphatic heterocycles. The van der Waals surface area contributed by atoms with Crippen LogP contribution in [-0.2, 0) is 17.5 Å². The average molecular weight is 451 g/mol. The fourth-order valence-corrected chi connectivity index (χ4v) is 5.22. The Balaban J connectivity index is 1.96. The molecule has 2 heterocycles. The maximum atomic E-state index is 13.5. The molecular formula is C24H23FN4O2S. The molecule has 1 N–H and O–H groups in total. The number of para-hydroxylation sites is 1. The number of nitrogens with zero attached hydrogens (tertiary/aromatic N) is 3. The number of pyridine rings is 1. The lowest BCUT2D eigenvalue weighted by Crippen LogP contribution is -2.45. The summed E-state index contributed by atoms with van der Waals surface area (Å²) in [6.07, 6.45) is 1.47. The number of nitriles is 1. The summed E-state index contributed by atoms with van der Waals surface area (Å²) < 4.78 is 29.6. The van der Waals surface area contributed by atoms with Gasteiger partial charge in [0.2, 0.25) is 0 Å². The largest absolute Gasteiger partial charge is 0.317 e. The molecule has 0 saturated carbocycles. The molecule has 2 aromatic carbocycles. The molecule has 3 aromatic rings. The van der Waals surface area contributed by atoms with Gasteiger partial charge in [0.05, 0.1) is 17.7 Å². The minimum atomic E-state index is -1.61. The van der Waals surface area contributed by atoms with Crippen LogP contribution in [0.5, 0.6) is 0 Å². The Bertz CT molecular complexity index is 1270. The van der Waals surface area contributed by atoms with E-state index in [2.05, 4.69) is 18.0 Å². The van der Waals surface area contributed by atoms with Gasteiger partial charge < -0.3 is 9.88 Å². The molecule has 0 bridgehead atoms. The van der Waals surface area contributed by atoms with E-state index in [0.717, 1.165) is 31.5 Å². The summed E-state index contributed by atoms with van der Waals surface area (Å²) in [4.78, 5) is 13.5. The predicted molar refractivity (Wildman–Crippen MR) is 125 cm³/mol. The number of halogens is 1. The van der Waals surface area contributed by atoms with Crippen molar-refractivity contribution in [1.29, 1.82) is 5.26 Å². The number of nitrogens with one attached hydrogen (secondary N) is 1. The van der Waals surface area contributed by atoms with E-state index in [9.17, 15) is 18.7 Å². The van der Waals surface area contributed by atoms with Gasteiger partial charge >= 0.3 is 0 Å². The topological polar surface area (TPSA) is 78.1 Å². The van der Waals surface area contributed by atoms with Gasteiger partial charge in [0.15, 0.2) is 0 Å². The van der Waals surface area contributed by atoms with Gasteiger partial charge in [-0.3, -0.25) is 9.10 Å². The van der Waals surface area contributed by atoms with Crippen molar-refractivity contribution >= 4 is 27.6 Å². The molecule has 1 aliphatic rings. The van der Waals surface area contributed by atoms with Crippen LogP contribution in [0.2, 0.25) is 0 Å². The van der Waals surface area contributed by atoms with Crippen LogP contribution in [0, 0.1) is 17.1 Å². The maximum Gasteiger partial charge on any atom is 0.271 e. The van der Waals surface area contributed by atoms with Crippen molar-refractivity contribution in [3.05, 3.63) is 87.8 Å². The van der Waals surface area contributed by atoms with Crippen LogP contribution in [0.25, 0.3) is 10.9 Å². The number of piperidine rings is 1. The zero-order valence-corrected chi connectivity index (χ0v) is 18.3. The molecule has 1 saturated heterocycles. The number of benzene rings is 2. The summed E-state index contributed by atoms with van der Waals surface area (Å²) in [5.74, 6) is -0.358. The number of rotatable bonds is 6. The highest BCUT2D eigenvalue weighted by Gasteiger charge is 2.30. The van der Waals surface area contributed by atoms with E-state index >= 15 is 0 Å². The molecule has 1 fully saturated rings. The Morgan fingerprint density at radius 3 is 2.56 bits per heavy atom. The normalized spacial score (nSPS) is 15.2. The summed E-state index contributed by atoms with van der Waals surface area (Å²) in [7, 11) is -1.61. The van der Waals surface area contributed by atoms with Gasteiger partial charge in [-0.1, -0.05) is 36.9 Å². The quantitative estimate of drug-likeness (QED) is 0.624. The molecule has 0 aliphatic carbocycles. The van der Waals surface area contributed by atoms with Crippen LogP contribution < -0.4 is 15.2 Å². The Morgan fingerprint density at radius 1 is 1.22 bits per heavy atom. The van der Waals surface area contributed by atoms with Gasteiger partial charge in [0.1, 0.15) is 28.4 Å². The third kappa shape index (κ3) is 4.09. The smallest absolute Gasteiger partial charge is 0.271 e. The summed E-state index contributed by atoms with van der Waals surface area (Å²) in [6, 6.07) is 15.2. The zero-order chi connectivity index (χ0) is 22.7. The predicted octanol–water partition coefficient (Wildman–Crippen LogP) is 3.43. The number of fused-ring (bicyclic) bond motifs is 1. The maximum absolute atomic E-state index is 13.5. The second-order valence-electron chi connectivity index (χ2n) is 7.62. The molecular weight excluding hydrogens is 427 g/mol. The minimum Gasteiger partial charge on any atom is -0.317 e. The standard InChI is InChI=1S/C24H23FN4O2S/c1-2-32(31)29(19-11-13-27-14-12-19)23-20-5-3-4-6-22(20)28(24(30)21(23)15-26)16-17-7-9-18(25)10-8-17/h2-10,19,27H,1,11-14,16H2. The van der Waals surface area contributed by atoms with E-state index in [1.165, 1.54) is 22.1 Å². The van der Waals surface area contributed by atoms with Gasteiger partial charge in [-0.15, -0.1) is 0 Å². The van der Waals surface area contributed by atoms with Crippen molar-refractivity contribution in [2.75, 3.05) is 17.4 Å². The molecule has 1 atom stereocenters. The fourth-order valence-electron chi connectivity index (χ4n) is 4.19. The third-order valence-electron chi connectivity index (χ3n) is 5.71. The van der Waals surface area contributed by atoms with Gasteiger partial charge in [-0.05, 0) is 49.7 Å². The van der Waals surface area contributed by atoms with Crippen molar-refractivity contribution in [1.82, 2.24) is 9.88 Å². The lowest BCUT2D eigenvalue weighted by Gasteiger charge is -2.35. The lowest BCUT2D eigenvalue weighted by atomic mass is 10.0. The molecule has 0 amide bonds. The third-order valence-corrected chi connectivity index (χ3v) is 6.86. The molecule has 8 heteroatoms. The summed E-state index contributed by atoms with van der Waals surface area (Å²) in [5, 5.41) is 15.3. The van der Waals surface area contributed by atoms with Crippen LogP contribution in [-0.4, -0.2) is 27.9 Å². The first kappa shape index (κ1) is 21.9. The van der Waals surface area contributed by atoms with Crippen LogP contribution in [0.4, 0.5) is 10.1 Å². The summed E-state index contributed by atoms with van der Waals surface area (Å²) >= 11 is 0. The monoisotopic (exact) mass is 450 g/mol. The molecule has 1 unspecified atom stereocenters. The van der Waals surface area contributed by atoms with Gasteiger partial charge in [-0.2, -0.15) is 5.26 Å². The van der Waals surface area contributed by atoms with Crippen molar-refractivity contribution < 1.29 is 8.60 Å². The van der Waals surface area contributed by atoms with E-state index in [1.54, 1.807) is 16.4 Å². The first-order chi connectivity index (χ1) is 15.5. The van der Waals surface area contributed by atoms with Crippen molar-refractivity contribution in [3.8, 4) is 6.07 Å². The first-order valence-corrected chi connectivity index (χ1v) is 11.6. The summed E-state index contributed by atoms with van der Waals surface area (Å²) in [6.45, 7) is 5.39. The number of anilines is 1. The highest BCUT2D eigenvalue weighted by molar-refractivity contribution is 7.89. The van der Waals surface area contributed by atoms with Crippen LogP contribution in [0.1, 0.15) is 24.0 Å². The lowest BCUT2D eigenvalue weighted by molar-refractivity contribution is 0.460. The van der Waals surface area contributed by atoms with E-state index in [4.69, 9.17) is 0 Å². The molecule has 6 nitrogen and oxygen atoms in total. The second kappa shape index (κ2) is 9.47. The van der Waals surface area contributed by atoms with Crippen molar-refractivity contribution in [2.45, 2.75) is 25.4 Å². The molecule has 32 heavy (non-hydrogen) atoms. The van der Waals surface area contributed by atoms with Crippen LogP contribution in [0.15, 0.2) is 65.3 Å². The second-order valence-corrected chi connectivity index (χ2v) is 8.90. The number of aromatic nitrogens is 1. The Kier molecular flexibility index (Phi) is 6.49. The van der Waals surface area contributed by atoms with E-state index in [1.807, 2.05) is 24.3 Å². The number of hydrogen-bond acceptors (Lipinski definition) is 4. The fraction of sp³-hybridized carbons (Fsp3) is 0.250. The SMILES string of the molecule is C=CS(=O)N(c1c(C#N)c(=O)n(Cc2ccc(F)cc2)c2ccccc12)C1CCNCC1. The van der Waals surface area contributed by atoms with Crippen LogP contribution >= 0.6 is 0 Å². The Morgan fingerprint density at radius 2 is 1.91 bits per heavy atom. The van der Waals surface area contributed by atoms with E-state index < -0.39 is 16.5 Å². The molecule has 4 rings (SSSR count). The average Bonchev–Trinajstić information content (AvgIpc) is 2.83. The minimum absolute atomic E-state index is 0.0560. The number of hydrogen-bond donors (Lipinski definition) is 1. The van der Waals surface area contributed by atoms with Gasteiger partial charge in [-0.25, -0.2) is 8.60 Å². The van der Waals surface area contributed by atoms with Crippen molar-refractivity contribution in [2.24, 2.45) is 0 Å². The van der Waals surface area contributed by atoms with E-state index in [0.29, 0.717) is 16.6 Å². The first-order valence-electron chi connectivity index (χ1n) is 10.4. The zero-order valence-electron chi connectivity index (χ0n) is 17.5. The Hall–Kier alpha value is -3.28. The highest BCUT2D eigenvalue weighted by Crippen LogP contribution is 2.33. The van der Waals surface area contributed by atoms with Gasteiger partial charge in [0, 0.05) is 16.8 Å². The van der Waals surface area contributed by atoms with Crippen LogP contribution in [0.3, 0.4) is 0 Å². The molecule has 1 aromatic heterocycles.